The third-order valence-electron chi connectivity index (χ3n) is 4.97. The molecule has 0 bridgehead atoms. The van der Waals surface area contributed by atoms with E-state index in [1.54, 1.807) is 6.20 Å². The van der Waals surface area contributed by atoms with Crippen LogP contribution in [0.25, 0.3) is 0 Å². The summed E-state index contributed by atoms with van der Waals surface area (Å²) < 4.78 is 5.63. The van der Waals surface area contributed by atoms with Crippen molar-refractivity contribution < 1.29 is 9.53 Å². The summed E-state index contributed by atoms with van der Waals surface area (Å²) in [6.07, 6.45) is 5.60. The second-order valence-electron chi connectivity index (χ2n) is 7.05. The van der Waals surface area contributed by atoms with Crippen LogP contribution in [0.15, 0.2) is 24.5 Å². The monoisotopic (exact) mass is 317 g/mol. The Balaban J connectivity index is 1.47. The van der Waals surface area contributed by atoms with E-state index in [2.05, 4.69) is 29.9 Å². The Bertz CT molecular complexity index is 522. The van der Waals surface area contributed by atoms with Crippen molar-refractivity contribution in [3.63, 3.8) is 0 Å². The van der Waals surface area contributed by atoms with Gasteiger partial charge in [0.05, 0.1) is 0 Å². The number of carbonyl (C=O) groups excluding carboxylic acids is 1. The van der Waals surface area contributed by atoms with E-state index in [1.807, 2.05) is 17.2 Å². The van der Waals surface area contributed by atoms with Crippen LogP contribution in [0.3, 0.4) is 0 Å². The highest BCUT2D eigenvalue weighted by molar-refractivity contribution is 5.81. The average molecular weight is 317 g/mol. The van der Waals surface area contributed by atoms with E-state index in [0.717, 1.165) is 45.6 Å². The molecule has 0 radical (unpaired) electrons. The molecule has 3 heterocycles. The van der Waals surface area contributed by atoms with Gasteiger partial charge in [0.2, 0.25) is 0 Å². The van der Waals surface area contributed by atoms with Crippen LogP contribution in [-0.4, -0.2) is 60.1 Å². The van der Waals surface area contributed by atoms with Crippen LogP contribution in [0.1, 0.15) is 25.3 Å². The number of nitrogens with zero attached hydrogens (tertiary/aromatic N) is 3. The average Bonchev–Trinajstić information content (AvgIpc) is 3.16. The van der Waals surface area contributed by atoms with Gasteiger partial charge in [0.25, 0.3) is 5.91 Å². The molecule has 3 atom stereocenters. The first-order valence-electron chi connectivity index (χ1n) is 8.61. The van der Waals surface area contributed by atoms with Crippen molar-refractivity contribution in [2.24, 2.45) is 11.8 Å². The van der Waals surface area contributed by atoms with Gasteiger partial charge in [-0.2, -0.15) is 0 Å². The lowest BCUT2D eigenvalue weighted by Gasteiger charge is -2.24. The van der Waals surface area contributed by atoms with Gasteiger partial charge in [0, 0.05) is 45.2 Å². The Hall–Kier alpha value is -1.46. The molecule has 126 valence electrons. The van der Waals surface area contributed by atoms with Gasteiger partial charge in [-0.1, -0.05) is 13.0 Å². The molecule has 2 aliphatic rings. The molecule has 0 saturated carbocycles. The predicted octanol–water partition coefficient (Wildman–Crippen LogP) is 1.79. The summed E-state index contributed by atoms with van der Waals surface area (Å²) in [5.41, 5.74) is 1.23. The quantitative estimate of drug-likeness (QED) is 0.830. The van der Waals surface area contributed by atoms with Crippen molar-refractivity contribution in [1.29, 1.82) is 0 Å². The molecule has 5 heteroatoms. The number of ether oxygens (including phenoxy) is 1. The molecular formula is C18H27N3O2. The summed E-state index contributed by atoms with van der Waals surface area (Å²) in [6, 6.07) is 4.08. The Labute approximate surface area is 138 Å². The summed E-state index contributed by atoms with van der Waals surface area (Å²) in [4.78, 5) is 21.1. The van der Waals surface area contributed by atoms with Crippen LogP contribution < -0.4 is 0 Å². The Morgan fingerprint density at radius 1 is 1.48 bits per heavy atom. The zero-order valence-electron chi connectivity index (χ0n) is 14.1. The first kappa shape index (κ1) is 16.4. The van der Waals surface area contributed by atoms with Gasteiger partial charge >= 0.3 is 0 Å². The zero-order valence-corrected chi connectivity index (χ0v) is 14.1. The second kappa shape index (κ2) is 7.41. The van der Waals surface area contributed by atoms with E-state index in [0.29, 0.717) is 11.8 Å². The third kappa shape index (κ3) is 4.09. The molecule has 0 N–H and O–H groups in total. The van der Waals surface area contributed by atoms with Crippen LogP contribution in [0.5, 0.6) is 0 Å². The number of aromatic nitrogens is 1. The minimum atomic E-state index is -0.207. The molecule has 3 unspecified atom stereocenters. The molecule has 2 saturated heterocycles. The normalized spacial score (nSPS) is 27.8. The summed E-state index contributed by atoms with van der Waals surface area (Å²) in [5.74, 6) is 1.11. The summed E-state index contributed by atoms with van der Waals surface area (Å²) in [6.45, 7) is 6.49. The molecule has 5 nitrogen and oxygen atoms in total. The maximum Gasteiger partial charge on any atom is 0.251 e. The molecule has 1 aromatic heterocycles. The molecule has 23 heavy (non-hydrogen) atoms. The lowest BCUT2D eigenvalue weighted by atomic mass is 10.0. The van der Waals surface area contributed by atoms with Crippen LogP contribution in [0.4, 0.5) is 0 Å². The van der Waals surface area contributed by atoms with E-state index >= 15 is 0 Å². The molecular weight excluding hydrogens is 290 g/mol. The first-order valence-corrected chi connectivity index (χ1v) is 8.61. The Morgan fingerprint density at radius 2 is 2.35 bits per heavy atom. The predicted molar refractivity (Wildman–Crippen MR) is 88.8 cm³/mol. The van der Waals surface area contributed by atoms with Gasteiger partial charge in [0.15, 0.2) is 0 Å². The fraction of sp³-hybridized carbons (Fsp3) is 0.667. The number of hydrogen-bond acceptors (Lipinski definition) is 4. The minimum Gasteiger partial charge on any atom is -0.368 e. The maximum absolute atomic E-state index is 12.6. The van der Waals surface area contributed by atoms with Crippen LogP contribution >= 0.6 is 0 Å². The standard InChI is InChI=1S/C18H27N3O2/c1-14-6-9-23-17(14)18(22)21-8-5-16(13-21)12-20(2)11-15-4-3-7-19-10-15/h3-4,7,10,14,16-17H,5-6,8-9,11-13H2,1-2H3. The highest BCUT2D eigenvalue weighted by Gasteiger charge is 2.37. The molecule has 0 spiro atoms. The van der Waals surface area contributed by atoms with E-state index in [-0.39, 0.29) is 12.0 Å². The minimum absolute atomic E-state index is 0.201. The molecule has 1 amide bonds. The van der Waals surface area contributed by atoms with Crippen molar-refractivity contribution in [2.45, 2.75) is 32.4 Å². The van der Waals surface area contributed by atoms with Crippen LogP contribution in [0.2, 0.25) is 0 Å². The summed E-state index contributed by atoms with van der Waals surface area (Å²) in [7, 11) is 2.14. The molecule has 0 aromatic carbocycles. The Kier molecular flexibility index (Phi) is 5.28. The van der Waals surface area contributed by atoms with Crippen molar-refractivity contribution >= 4 is 5.91 Å². The van der Waals surface area contributed by atoms with Crippen LogP contribution in [-0.2, 0) is 16.1 Å². The molecule has 2 aliphatic heterocycles. The van der Waals surface area contributed by atoms with E-state index < -0.39 is 0 Å². The van der Waals surface area contributed by atoms with Crippen molar-refractivity contribution in [1.82, 2.24) is 14.8 Å². The van der Waals surface area contributed by atoms with Gasteiger partial charge in [-0.25, -0.2) is 0 Å². The lowest BCUT2D eigenvalue weighted by Crippen LogP contribution is -2.40. The molecule has 1 aromatic rings. The molecule has 3 rings (SSSR count). The van der Waals surface area contributed by atoms with Crippen molar-refractivity contribution in [3.05, 3.63) is 30.1 Å². The van der Waals surface area contributed by atoms with Crippen LogP contribution in [0, 0.1) is 11.8 Å². The number of amides is 1. The maximum atomic E-state index is 12.6. The SMILES string of the molecule is CC1CCOC1C(=O)N1CCC(CN(C)Cc2cccnc2)C1. The topological polar surface area (TPSA) is 45.7 Å². The van der Waals surface area contributed by atoms with E-state index in [9.17, 15) is 4.79 Å². The van der Waals surface area contributed by atoms with E-state index in [1.165, 1.54) is 5.56 Å². The lowest BCUT2D eigenvalue weighted by molar-refractivity contribution is -0.141. The van der Waals surface area contributed by atoms with E-state index in [4.69, 9.17) is 4.74 Å². The number of hydrogen-bond donors (Lipinski definition) is 0. The number of pyridine rings is 1. The molecule has 2 fully saturated rings. The largest absolute Gasteiger partial charge is 0.368 e. The fourth-order valence-corrected chi connectivity index (χ4v) is 3.68. The van der Waals surface area contributed by atoms with Gasteiger partial charge in [-0.15, -0.1) is 0 Å². The van der Waals surface area contributed by atoms with Crippen molar-refractivity contribution in [2.75, 3.05) is 33.3 Å². The number of rotatable bonds is 5. The van der Waals surface area contributed by atoms with Gasteiger partial charge < -0.3 is 14.5 Å². The smallest absolute Gasteiger partial charge is 0.251 e. The molecule has 0 aliphatic carbocycles. The summed E-state index contributed by atoms with van der Waals surface area (Å²) >= 11 is 0. The first-order chi connectivity index (χ1) is 11.1. The Morgan fingerprint density at radius 3 is 3.04 bits per heavy atom. The third-order valence-corrected chi connectivity index (χ3v) is 4.97. The number of likely N-dealkylation sites (tertiary alicyclic amines) is 1. The summed E-state index contributed by atoms with van der Waals surface area (Å²) in [5, 5.41) is 0. The second-order valence-corrected chi connectivity index (χ2v) is 7.05. The highest BCUT2D eigenvalue weighted by atomic mass is 16.5. The van der Waals surface area contributed by atoms with Gasteiger partial charge in [-0.05, 0) is 43.4 Å². The van der Waals surface area contributed by atoms with Gasteiger partial charge in [-0.3, -0.25) is 9.78 Å². The van der Waals surface area contributed by atoms with Crippen molar-refractivity contribution in [3.8, 4) is 0 Å². The number of carbonyl (C=O) groups is 1. The zero-order chi connectivity index (χ0) is 16.2. The highest BCUT2D eigenvalue weighted by Crippen LogP contribution is 2.25. The van der Waals surface area contributed by atoms with Gasteiger partial charge in [0.1, 0.15) is 6.10 Å². The fourth-order valence-electron chi connectivity index (χ4n) is 3.68.